The highest BCUT2D eigenvalue weighted by molar-refractivity contribution is 6.30. The minimum Gasteiger partial charge on any atom is -0.378 e. The van der Waals surface area contributed by atoms with Crippen LogP contribution in [0, 0.1) is 0 Å². The van der Waals surface area contributed by atoms with E-state index in [0.717, 1.165) is 6.07 Å². The maximum Gasteiger partial charge on any atom is 0.418 e. The maximum absolute atomic E-state index is 13.1. The van der Waals surface area contributed by atoms with E-state index in [0.29, 0.717) is 31.9 Å². The van der Waals surface area contributed by atoms with E-state index in [1.54, 1.807) is 4.90 Å². The number of anilines is 2. The van der Waals surface area contributed by atoms with Gasteiger partial charge >= 0.3 is 6.18 Å². The van der Waals surface area contributed by atoms with Crippen molar-refractivity contribution in [2.24, 2.45) is 0 Å². The fourth-order valence-electron chi connectivity index (χ4n) is 2.54. The minimum absolute atomic E-state index is 0.0118. The fraction of sp³-hybridized carbons (Fsp3) is 0.294. The van der Waals surface area contributed by atoms with Gasteiger partial charge in [0.2, 0.25) is 0 Å². The number of amides is 1. The molecule has 1 aromatic heterocycles. The molecule has 1 saturated heterocycles. The van der Waals surface area contributed by atoms with Crippen molar-refractivity contribution in [1.29, 1.82) is 0 Å². The summed E-state index contributed by atoms with van der Waals surface area (Å²) < 4.78 is 44.6. The van der Waals surface area contributed by atoms with Crippen LogP contribution < -0.4 is 5.32 Å². The summed E-state index contributed by atoms with van der Waals surface area (Å²) in [6.07, 6.45) is -3.22. The summed E-state index contributed by atoms with van der Waals surface area (Å²) in [4.78, 5) is 18.0. The lowest BCUT2D eigenvalue weighted by molar-refractivity contribution is -0.136. The van der Waals surface area contributed by atoms with E-state index >= 15 is 0 Å². The molecule has 138 valence electrons. The molecule has 1 aromatic carbocycles. The molecule has 0 atom stereocenters. The lowest BCUT2D eigenvalue weighted by Gasteiger charge is -2.26. The van der Waals surface area contributed by atoms with Gasteiger partial charge in [-0.15, -0.1) is 0 Å². The maximum atomic E-state index is 13.1. The van der Waals surface area contributed by atoms with E-state index in [4.69, 9.17) is 16.3 Å². The van der Waals surface area contributed by atoms with Crippen LogP contribution in [0.15, 0.2) is 36.5 Å². The molecule has 1 fully saturated rings. The first-order valence-electron chi connectivity index (χ1n) is 7.81. The standard InChI is InChI=1S/C17H15ClF3N3O2/c18-12-2-3-14(13(9-12)17(19,20)21)23-15-4-1-11(10-22-15)16(25)24-5-7-26-8-6-24/h1-4,9-10H,5-8H2,(H,22,23). The molecule has 1 amide bonds. The van der Waals surface area contributed by atoms with E-state index in [9.17, 15) is 18.0 Å². The van der Waals surface area contributed by atoms with Gasteiger partial charge in [0.25, 0.3) is 5.91 Å². The Bertz CT molecular complexity index is 791. The van der Waals surface area contributed by atoms with Gasteiger partial charge in [-0.1, -0.05) is 11.6 Å². The number of carbonyl (C=O) groups is 1. The van der Waals surface area contributed by atoms with Crippen LogP contribution >= 0.6 is 11.6 Å². The van der Waals surface area contributed by atoms with Gasteiger partial charge in [-0.05, 0) is 30.3 Å². The van der Waals surface area contributed by atoms with Crippen LogP contribution in [0.4, 0.5) is 24.7 Å². The van der Waals surface area contributed by atoms with Gasteiger partial charge in [0.1, 0.15) is 5.82 Å². The third kappa shape index (κ3) is 4.25. The lowest BCUT2D eigenvalue weighted by atomic mass is 10.1. The normalized spacial score (nSPS) is 15.0. The molecule has 0 bridgehead atoms. The van der Waals surface area contributed by atoms with Crippen LogP contribution in [-0.4, -0.2) is 42.1 Å². The molecular weight excluding hydrogens is 371 g/mol. The predicted molar refractivity (Wildman–Crippen MR) is 90.7 cm³/mol. The van der Waals surface area contributed by atoms with Gasteiger partial charge in [-0.2, -0.15) is 13.2 Å². The molecule has 0 spiro atoms. The number of alkyl halides is 3. The molecule has 9 heteroatoms. The van der Waals surface area contributed by atoms with Crippen molar-refractivity contribution in [1.82, 2.24) is 9.88 Å². The smallest absolute Gasteiger partial charge is 0.378 e. The van der Waals surface area contributed by atoms with Crippen LogP contribution in [0.3, 0.4) is 0 Å². The zero-order chi connectivity index (χ0) is 18.7. The molecule has 2 aromatic rings. The summed E-state index contributed by atoms with van der Waals surface area (Å²) >= 11 is 5.66. The van der Waals surface area contributed by atoms with Crippen LogP contribution in [0.2, 0.25) is 5.02 Å². The molecule has 0 aliphatic carbocycles. The molecule has 1 N–H and O–H groups in total. The van der Waals surface area contributed by atoms with Gasteiger partial charge in [0, 0.05) is 24.3 Å². The van der Waals surface area contributed by atoms with Crippen LogP contribution in [0.25, 0.3) is 0 Å². The van der Waals surface area contributed by atoms with Crippen molar-refractivity contribution < 1.29 is 22.7 Å². The third-order valence-corrected chi connectivity index (χ3v) is 4.09. The Kier molecular flexibility index (Phi) is 5.33. The van der Waals surface area contributed by atoms with Crippen molar-refractivity contribution in [2.45, 2.75) is 6.18 Å². The van der Waals surface area contributed by atoms with Crippen LogP contribution in [-0.2, 0) is 10.9 Å². The van der Waals surface area contributed by atoms with Gasteiger partial charge in [0.05, 0.1) is 30.0 Å². The Morgan fingerprint density at radius 2 is 1.92 bits per heavy atom. The number of benzene rings is 1. The van der Waals surface area contributed by atoms with E-state index in [1.165, 1.54) is 30.5 Å². The number of nitrogens with one attached hydrogen (secondary N) is 1. The average Bonchev–Trinajstić information content (AvgIpc) is 2.63. The number of halogens is 4. The second kappa shape index (κ2) is 7.51. The summed E-state index contributed by atoms with van der Waals surface area (Å²) in [6, 6.07) is 6.42. The summed E-state index contributed by atoms with van der Waals surface area (Å²) in [5, 5.41) is 2.61. The van der Waals surface area contributed by atoms with Crippen molar-refractivity contribution in [2.75, 3.05) is 31.6 Å². The highest BCUT2D eigenvalue weighted by Crippen LogP contribution is 2.37. The van der Waals surface area contributed by atoms with E-state index in [-0.39, 0.29) is 22.4 Å². The number of hydrogen-bond acceptors (Lipinski definition) is 4. The number of rotatable bonds is 3. The molecule has 3 rings (SSSR count). The fourth-order valence-corrected chi connectivity index (χ4v) is 2.71. The van der Waals surface area contributed by atoms with Crippen molar-refractivity contribution in [3.63, 3.8) is 0 Å². The van der Waals surface area contributed by atoms with Gasteiger partial charge in [-0.25, -0.2) is 4.98 Å². The van der Waals surface area contributed by atoms with E-state index in [1.807, 2.05) is 0 Å². The Morgan fingerprint density at radius 1 is 1.19 bits per heavy atom. The highest BCUT2D eigenvalue weighted by atomic mass is 35.5. The number of pyridine rings is 1. The second-order valence-corrected chi connectivity index (χ2v) is 6.09. The Balaban J connectivity index is 1.77. The average molecular weight is 386 g/mol. The molecule has 2 heterocycles. The highest BCUT2D eigenvalue weighted by Gasteiger charge is 2.34. The minimum atomic E-state index is -4.56. The molecule has 0 radical (unpaired) electrons. The number of carbonyl (C=O) groups excluding carboxylic acids is 1. The summed E-state index contributed by atoms with van der Waals surface area (Å²) in [5.41, 5.74) is -0.688. The Morgan fingerprint density at radius 3 is 2.54 bits per heavy atom. The van der Waals surface area contributed by atoms with Crippen molar-refractivity contribution in [3.8, 4) is 0 Å². The quantitative estimate of drug-likeness (QED) is 0.868. The lowest BCUT2D eigenvalue weighted by Crippen LogP contribution is -2.40. The van der Waals surface area contributed by atoms with Crippen molar-refractivity contribution in [3.05, 3.63) is 52.7 Å². The predicted octanol–water partition coefficient (Wildman–Crippen LogP) is 3.97. The third-order valence-electron chi connectivity index (χ3n) is 3.86. The second-order valence-electron chi connectivity index (χ2n) is 5.65. The van der Waals surface area contributed by atoms with E-state index < -0.39 is 11.7 Å². The number of hydrogen-bond donors (Lipinski definition) is 1. The topological polar surface area (TPSA) is 54.5 Å². The number of nitrogens with zero attached hydrogens (tertiary/aromatic N) is 2. The first kappa shape index (κ1) is 18.5. The van der Waals surface area contributed by atoms with Crippen LogP contribution in [0.5, 0.6) is 0 Å². The van der Waals surface area contributed by atoms with E-state index in [2.05, 4.69) is 10.3 Å². The van der Waals surface area contributed by atoms with Gasteiger partial charge < -0.3 is 15.0 Å². The molecule has 1 aliphatic heterocycles. The number of aromatic nitrogens is 1. The Labute approximate surface area is 152 Å². The molecule has 5 nitrogen and oxygen atoms in total. The number of morpholine rings is 1. The first-order valence-corrected chi connectivity index (χ1v) is 8.19. The molecular formula is C17H15ClF3N3O2. The molecule has 0 saturated carbocycles. The summed E-state index contributed by atoms with van der Waals surface area (Å²) in [5.74, 6) is 0.00572. The monoisotopic (exact) mass is 385 g/mol. The zero-order valence-electron chi connectivity index (χ0n) is 13.5. The van der Waals surface area contributed by atoms with Gasteiger partial charge in [-0.3, -0.25) is 4.79 Å². The van der Waals surface area contributed by atoms with Crippen LogP contribution in [0.1, 0.15) is 15.9 Å². The first-order chi connectivity index (χ1) is 12.3. The van der Waals surface area contributed by atoms with Crippen molar-refractivity contribution >= 4 is 29.0 Å². The number of ether oxygens (including phenoxy) is 1. The SMILES string of the molecule is O=C(c1ccc(Nc2ccc(Cl)cc2C(F)(F)F)nc1)N1CCOCC1. The summed E-state index contributed by atoms with van der Waals surface area (Å²) in [6.45, 7) is 1.96. The summed E-state index contributed by atoms with van der Waals surface area (Å²) in [7, 11) is 0. The molecule has 26 heavy (non-hydrogen) atoms. The Hall–Kier alpha value is -2.32. The largest absolute Gasteiger partial charge is 0.418 e. The van der Waals surface area contributed by atoms with Gasteiger partial charge in [0.15, 0.2) is 0 Å². The molecule has 1 aliphatic rings. The zero-order valence-corrected chi connectivity index (χ0v) is 14.3. The molecule has 0 unspecified atom stereocenters.